The van der Waals surface area contributed by atoms with Gasteiger partial charge in [-0.3, -0.25) is 0 Å². The number of aromatic nitrogens is 2. The van der Waals surface area contributed by atoms with Crippen molar-refractivity contribution in [2.24, 2.45) is 10.9 Å². The fraction of sp³-hybridized carbons (Fsp3) is 0.423. The van der Waals surface area contributed by atoms with E-state index < -0.39 is 0 Å². The minimum Gasteiger partial charge on any atom is -0.494 e. The van der Waals surface area contributed by atoms with Crippen LogP contribution in [0.15, 0.2) is 53.5 Å². The molecule has 1 aromatic heterocycles. The van der Waals surface area contributed by atoms with Crippen LogP contribution < -0.4 is 9.47 Å². The Kier molecular flexibility index (Phi) is 9.69. The van der Waals surface area contributed by atoms with Crippen molar-refractivity contribution in [3.8, 4) is 22.1 Å². The van der Waals surface area contributed by atoms with Crippen molar-refractivity contribution in [2.45, 2.75) is 52.9 Å². The van der Waals surface area contributed by atoms with Crippen LogP contribution in [-0.2, 0) is 0 Å². The molecule has 0 N–H and O–H groups in total. The highest BCUT2D eigenvalue weighted by Crippen LogP contribution is 2.29. The van der Waals surface area contributed by atoms with E-state index >= 15 is 0 Å². The minimum atomic E-state index is 0.558. The zero-order valence-corrected chi connectivity index (χ0v) is 20.1. The molecular formula is C26H33N3O2S. The molecule has 0 aliphatic carbocycles. The van der Waals surface area contributed by atoms with Gasteiger partial charge in [-0.2, -0.15) is 0 Å². The van der Waals surface area contributed by atoms with Gasteiger partial charge in [0, 0.05) is 11.8 Å². The van der Waals surface area contributed by atoms with Gasteiger partial charge >= 0.3 is 0 Å². The molecule has 3 aromatic rings. The van der Waals surface area contributed by atoms with Gasteiger partial charge in [-0.25, -0.2) is 4.99 Å². The highest BCUT2D eigenvalue weighted by molar-refractivity contribution is 7.18. The van der Waals surface area contributed by atoms with E-state index in [9.17, 15) is 0 Å². The summed E-state index contributed by atoms with van der Waals surface area (Å²) in [6.45, 7) is 8.08. The Bertz CT molecular complexity index is 952. The summed E-state index contributed by atoms with van der Waals surface area (Å²) in [5.41, 5.74) is 2.02. The molecule has 0 aliphatic heterocycles. The number of aliphatic imine (C=N–C) groups is 1. The fourth-order valence-corrected chi connectivity index (χ4v) is 3.63. The topological polar surface area (TPSA) is 56.6 Å². The molecule has 1 heterocycles. The van der Waals surface area contributed by atoms with Crippen LogP contribution in [0.2, 0.25) is 0 Å². The van der Waals surface area contributed by atoms with E-state index in [1.54, 1.807) is 6.21 Å². The summed E-state index contributed by atoms with van der Waals surface area (Å²) >= 11 is 1.47. The monoisotopic (exact) mass is 451 g/mol. The van der Waals surface area contributed by atoms with Gasteiger partial charge in [0.25, 0.3) is 0 Å². The summed E-state index contributed by atoms with van der Waals surface area (Å²) in [6, 6.07) is 16.0. The number of unbranched alkanes of at least 4 members (excludes halogenated alkanes) is 3. The zero-order chi connectivity index (χ0) is 22.6. The Morgan fingerprint density at radius 2 is 1.62 bits per heavy atom. The molecule has 170 valence electrons. The third kappa shape index (κ3) is 7.75. The first-order chi connectivity index (χ1) is 15.7. The average Bonchev–Trinajstić information content (AvgIpc) is 3.31. The van der Waals surface area contributed by atoms with Crippen molar-refractivity contribution in [3.63, 3.8) is 0 Å². The number of hydrogen-bond donors (Lipinski definition) is 0. The molecule has 0 amide bonds. The lowest BCUT2D eigenvalue weighted by Gasteiger charge is -2.10. The third-order valence-corrected chi connectivity index (χ3v) is 6.10. The number of hydrogen-bond acceptors (Lipinski definition) is 6. The highest BCUT2D eigenvalue weighted by Gasteiger charge is 2.06. The molecule has 1 atom stereocenters. The molecule has 0 spiro atoms. The van der Waals surface area contributed by atoms with E-state index in [1.807, 2.05) is 48.5 Å². The van der Waals surface area contributed by atoms with Crippen LogP contribution in [0, 0.1) is 5.92 Å². The van der Waals surface area contributed by atoms with Crippen molar-refractivity contribution in [1.29, 1.82) is 0 Å². The molecule has 32 heavy (non-hydrogen) atoms. The van der Waals surface area contributed by atoms with Gasteiger partial charge in [-0.05, 0) is 66.4 Å². The molecule has 3 rings (SSSR count). The Balaban J connectivity index is 1.51. The molecule has 0 aliphatic rings. The lowest BCUT2D eigenvalue weighted by atomic mass is 10.1. The Morgan fingerprint density at radius 3 is 2.34 bits per heavy atom. The first-order valence-corrected chi connectivity index (χ1v) is 12.3. The van der Waals surface area contributed by atoms with Crippen molar-refractivity contribution < 1.29 is 9.47 Å². The molecule has 5 nitrogen and oxygen atoms in total. The molecule has 0 radical (unpaired) electrons. The maximum Gasteiger partial charge on any atom is 0.231 e. The van der Waals surface area contributed by atoms with E-state index in [-0.39, 0.29) is 0 Å². The van der Waals surface area contributed by atoms with Crippen molar-refractivity contribution in [2.75, 3.05) is 13.2 Å². The molecular weight excluding hydrogens is 418 g/mol. The predicted molar refractivity (Wildman–Crippen MR) is 134 cm³/mol. The smallest absolute Gasteiger partial charge is 0.231 e. The second kappa shape index (κ2) is 13.0. The van der Waals surface area contributed by atoms with E-state index in [4.69, 9.17) is 9.47 Å². The minimum absolute atomic E-state index is 0.558. The van der Waals surface area contributed by atoms with Gasteiger partial charge in [-0.15, -0.1) is 10.2 Å². The van der Waals surface area contributed by atoms with Crippen molar-refractivity contribution in [3.05, 3.63) is 54.1 Å². The van der Waals surface area contributed by atoms with Crippen LogP contribution in [-0.4, -0.2) is 29.6 Å². The number of ether oxygens (including phenoxy) is 2. The summed E-state index contributed by atoms with van der Waals surface area (Å²) in [7, 11) is 0. The maximum absolute atomic E-state index is 5.81. The van der Waals surface area contributed by atoms with Crippen LogP contribution in [0.3, 0.4) is 0 Å². The summed E-state index contributed by atoms with van der Waals surface area (Å²) in [6.07, 6.45) is 7.74. The van der Waals surface area contributed by atoms with E-state index in [0.717, 1.165) is 53.7 Å². The molecule has 2 aromatic carbocycles. The molecule has 0 saturated carbocycles. The second-order valence-corrected chi connectivity index (χ2v) is 8.93. The summed E-state index contributed by atoms with van der Waals surface area (Å²) < 4.78 is 11.6. The van der Waals surface area contributed by atoms with Crippen LogP contribution in [0.1, 0.15) is 58.4 Å². The normalized spacial score (nSPS) is 12.2. The number of rotatable bonds is 13. The molecule has 0 fully saturated rings. The van der Waals surface area contributed by atoms with E-state index in [0.29, 0.717) is 11.0 Å². The summed E-state index contributed by atoms with van der Waals surface area (Å²) in [4.78, 5) is 4.48. The van der Waals surface area contributed by atoms with Gasteiger partial charge in [0.1, 0.15) is 16.5 Å². The average molecular weight is 452 g/mol. The molecule has 0 bridgehead atoms. The Morgan fingerprint density at radius 1 is 0.906 bits per heavy atom. The fourth-order valence-electron chi connectivity index (χ4n) is 2.93. The van der Waals surface area contributed by atoms with Gasteiger partial charge in [0.05, 0.1) is 13.2 Å². The number of benzene rings is 2. The van der Waals surface area contributed by atoms with Crippen molar-refractivity contribution >= 4 is 22.7 Å². The van der Waals surface area contributed by atoms with Crippen LogP contribution in [0.4, 0.5) is 5.13 Å². The zero-order valence-electron chi connectivity index (χ0n) is 19.3. The summed E-state index contributed by atoms with van der Waals surface area (Å²) in [5.74, 6) is 2.33. The van der Waals surface area contributed by atoms with Gasteiger partial charge in [-0.1, -0.05) is 57.8 Å². The lowest BCUT2D eigenvalue weighted by molar-refractivity contribution is 0.256. The quantitative estimate of drug-likeness (QED) is 0.201. The van der Waals surface area contributed by atoms with Gasteiger partial charge in [0.15, 0.2) is 0 Å². The third-order valence-electron chi connectivity index (χ3n) is 5.22. The first kappa shape index (κ1) is 23.9. The Hall–Kier alpha value is -2.73. The molecule has 0 unspecified atom stereocenters. The molecule has 6 heteroatoms. The Labute approximate surface area is 195 Å². The van der Waals surface area contributed by atoms with Crippen LogP contribution in [0.5, 0.6) is 11.5 Å². The standard InChI is InChI=1S/C26H33N3O2S/c1-4-6-7-8-17-30-23-15-11-22(12-16-23)25-28-29-26(32-25)27-18-21-9-13-24(14-10-21)31-19-20(3)5-2/h9-16,18,20H,4-8,17,19H2,1-3H3/b27-18+/t20-/m1/s1. The lowest BCUT2D eigenvalue weighted by Crippen LogP contribution is -2.07. The second-order valence-electron chi connectivity index (χ2n) is 7.97. The highest BCUT2D eigenvalue weighted by atomic mass is 32.1. The predicted octanol–water partition coefficient (Wildman–Crippen LogP) is 7.34. The van der Waals surface area contributed by atoms with Gasteiger partial charge < -0.3 is 9.47 Å². The van der Waals surface area contributed by atoms with Gasteiger partial charge in [0.2, 0.25) is 5.13 Å². The van der Waals surface area contributed by atoms with Crippen molar-refractivity contribution in [1.82, 2.24) is 10.2 Å². The van der Waals surface area contributed by atoms with Crippen LogP contribution >= 0.6 is 11.3 Å². The SMILES string of the molecule is CCCCCCOc1ccc(-c2nnc(/N=C/c3ccc(OC[C@H](C)CC)cc3)s2)cc1. The molecule has 0 saturated heterocycles. The largest absolute Gasteiger partial charge is 0.494 e. The van der Waals surface area contributed by atoms with Crippen LogP contribution in [0.25, 0.3) is 10.6 Å². The van der Waals surface area contributed by atoms with E-state index in [1.165, 1.54) is 30.6 Å². The number of nitrogens with zero attached hydrogens (tertiary/aromatic N) is 3. The summed E-state index contributed by atoms with van der Waals surface area (Å²) in [5, 5.41) is 9.96. The maximum atomic E-state index is 5.81. The van der Waals surface area contributed by atoms with E-state index in [2.05, 4.69) is 36.0 Å². The first-order valence-electron chi connectivity index (χ1n) is 11.5.